The van der Waals surface area contributed by atoms with Gasteiger partial charge in [-0.2, -0.15) is 0 Å². The molecule has 142 valence electrons. The minimum atomic E-state index is -0.987. The van der Waals surface area contributed by atoms with Gasteiger partial charge in [-0.3, -0.25) is 4.79 Å². The summed E-state index contributed by atoms with van der Waals surface area (Å²) in [5.74, 6) is -0.552. The van der Waals surface area contributed by atoms with Crippen LogP contribution in [0, 0.1) is 0 Å². The Bertz CT molecular complexity index is 318. The van der Waals surface area contributed by atoms with Crippen LogP contribution in [-0.4, -0.2) is 29.8 Å². The summed E-state index contributed by atoms with van der Waals surface area (Å²) in [6, 6.07) is -0.987. The van der Waals surface area contributed by atoms with Gasteiger partial charge in [0.25, 0.3) is 0 Å². The number of allylic oxidation sites excluding steroid dienone is 1. The minimum absolute atomic E-state index is 0.279. The molecule has 4 nitrogen and oxygen atoms in total. The van der Waals surface area contributed by atoms with E-state index in [1.54, 1.807) is 13.0 Å². The predicted molar refractivity (Wildman–Crippen MR) is 101 cm³/mol. The van der Waals surface area contributed by atoms with Gasteiger partial charge in [0.2, 0.25) is 0 Å². The van der Waals surface area contributed by atoms with Crippen LogP contribution in [0.5, 0.6) is 0 Å². The molecule has 0 aliphatic carbocycles. The van der Waals surface area contributed by atoms with Crippen molar-refractivity contribution in [3.63, 3.8) is 0 Å². The highest BCUT2D eigenvalue weighted by Gasteiger charge is 2.21. The zero-order valence-corrected chi connectivity index (χ0v) is 15.8. The first-order valence-electron chi connectivity index (χ1n) is 9.90. The lowest BCUT2D eigenvalue weighted by molar-refractivity contribution is -0.146. The van der Waals surface area contributed by atoms with Crippen LogP contribution in [0.3, 0.4) is 0 Å². The molecule has 0 bridgehead atoms. The third-order valence-corrected chi connectivity index (χ3v) is 4.23. The number of carbonyl (C=O) groups is 1. The SMILES string of the molecule is CCCCCCCCCCCCC/C=C/[C@@H](O)[13C@H](N)[13C](=O)OCC. The fourth-order valence-corrected chi connectivity index (χ4v) is 2.66. The molecule has 0 rings (SSSR count). The van der Waals surface area contributed by atoms with E-state index >= 15 is 0 Å². The van der Waals surface area contributed by atoms with Gasteiger partial charge in [-0.15, -0.1) is 0 Å². The van der Waals surface area contributed by atoms with Gasteiger partial charge in [0, 0.05) is 0 Å². The normalized spacial score (nSPS) is 14.0. The van der Waals surface area contributed by atoms with Crippen molar-refractivity contribution in [3.8, 4) is 0 Å². The number of unbranched alkanes of at least 4 members (excludes halogenated alkanes) is 11. The minimum Gasteiger partial charge on any atom is -0.465 e. The maximum absolute atomic E-state index is 11.4. The zero-order valence-electron chi connectivity index (χ0n) is 15.8. The Morgan fingerprint density at radius 2 is 1.46 bits per heavy atom. The van der Waals surface area contributed by atoms with E-state index in [4.69, 9.17) is 10.5 Å². The number of hydrogen-bond donors (Lipinski definition) is 2. The Morgan fingerprint density at radius 1 is 0.958 bits per heavy atom. The van der Waals surface area contributed by atoms with Gasteiger partial charge in [-0.1, -0.05) is 83.3 Å². The van der Waals surface area contributed by atoms with E-state index in [0.717, 1.165) is 12.8 Å². The summed E-state index contributed by atoms with van der Waals surface area (Å²) in [5.41, 5.74) is 5.62. The lowest BCUT2D eigenvalue weighted by Crippen LogP contribution is -2.42. The monoisotopic (exact) mass is 343 g/mol. The van der Waals surface area contributed by atoms with Crippen molar-refractivity contribution in [1.82, 2.24) is 0 Å². The molecule has 3 N–H and O–H groups in total. The summed E-state index contributed by atoms with van der Waals surface area (Å²) in [6.45, 7) is 4.26. The van der Waals surface area contributed by atoms with Gasteiger partial charge in [-0.05, 0) is 19.8 Å². The molecule has 0 amide bonds. The van der Waals surface area contributed by atoms with E-state index in [0.29, 0.717) is 0 Å². The van der Waals surface area contributed by atoms with Crippen molar-refractivity contribution >= 4 is 5.97 Å². The number of hydrogen-bond acceptors (Lipinski definition) is 4. The smallest absolute Gasteiger partial charge is 0.325 e. The molecule has 0 spiro atoms. The number of carbonyl (C=O) groups excluding carboxylic acids is 1. The fraction of sp³-hybridized carbons (Fsp3) is 0.850. The Hall–Kier alpha value is -0.870. The summed E-state index contributed by atoms with van der Waals surface area (Å²) < 4.78 is 4.79. The first-order chi connectivity index (χ1) is 11.6. The second-order valence-electron chi connectivity index (χ2n) is 6.52. The van der Waals surface area contributed by atoms with Crippen LogP contribution in [0.2, 0.25) is 0 Å². The van der Waals surface area contributed by atoms with Crippen molar-refractivity contribution < 1.29 is 14.6 Å². The molecule has 24 heavy (non-hydrogen) atoms. The number of aliphatic hydroxyl groups excluding tert-OH is 1. The van der Waals surface area contributed by atoms with Crippen LogP contribution >= 0.6 is 0 Å². The molecule has 0 heterocycles. The Morgan fingerprint density at radius 3 is 1.96 bits per heavy atom. The molecule has 0 aromatic carbocycles. The summed E-state index contributed by atoms with van der Waals surface area (Å²) in [7, 11) is 0. The van der Waals surface area contributed by atoms with Crippen molar-refractivity contribution in [2.45, 2.75) is 103 Å². The molecule has 0 aliphatic heterocycles. The van der Waals surface area contributed by atoms with E-state index in [1.807, 2.05) is 6.08 Å². The van der Waals surface area contributed by atoms with Crippen molar-refractivity contribution in [3.05, 3.63) is 12.2 Å². The molecule has 0 saturated heterocycles. The van der Waals surface area contributed by atoms with E-state index < -0.39 is 18.1 Å². The number of nitrogens with two attached hydrogens (primary N) is 1. The van der Waals surface area contributed by atoms with Crippen molar-refractivity contribution in [2.75, 3.05) is 6.61 Å². The topological polar surface area (TPSA) is 72.5 Å². The predicted octanol–water partition coefficient (Wildman–Crippen LogP) is 4.50. The highest BCUT2D eigenvalue weighted by Crippen LogP contribution is 2.12. The van der Waals surface area contributed by atoms with E-state index in [2.05, 4.69) is 6.92 Å². The third-order valence-electron chi connectivity index (χ3n) is 4.23. The summed E-state index contributed by atoms with van der Waals surface area (Å²) in [4.78, 5) is 11.4. The van der Waals surface area contributed by atoms with Crippen LogP contribution in [-0.2, 0) is 9.53 Å². The molecule has 0 aliphatic rings. The number of rotatable bonds is 16. The van der Waals surface area contributed by atoms with E-state index in [-0.39, 0.29) is 6.61 Å². The summed E-state index contributed by atoms with van der Waals surface area (Å²) >= 11 is 0. The van der Waals surface area contributed by atoms with Crippen molar-refractivity contribution in [1.29, 1.82) is 0 Å². The number of esters is 1. The second kappa shape index (κ2) is 17.0. The fourth-order valence-electron chi connectivity index (χ4n) is 2.66. The van der Waals surface area contributed by atoms with Gasteiger partial charge in [0.05, 0.1) is 12.7 Å². The molecule has 0 aromatic rings. The summed E-state index contributed by atoms with van der Waals surface area (Å²) in [6.07, 6.45) is 18.1. The zero-order chi connectivity index (χ0) is 18.0. The van der Waals surface area contributed by atoms with Crippen LogP contribution in [0.1, 0.15) is 90.9 Å². The highest BCUT2D eigenvalue weighted by atomic mass is 16.6. The van der Waals surface area contributed by atoms with Crippen LogP contribution < -0.4 is 5.73 Å². The first kappa shape index (κ1) is 23.1. The van der Waals surface area contributed by atoms with E-state index in [9.17, 15) is 9.90 Å². The standard InChI is InChI=1S/C20H39NO3/c1-3-5-6-7-8-9-10-11-12-13-14-15-16-17-18(22)19(21)20(23)24-4-2/h16-19,22H,3-15,21H2,1-2H3/b17-16+/t18-,19+/m1/s1/i19+1,20+1. The largest absolute Gasteiger partial charge is 0.465 e. The highest BCUT2D eigenvalue weighted by molar-refractivity contribution is 5.76. The summed E-state index contributed by atoms with van der Waals surface area (Å²) in [5, 5.41) is 9.78. The molecule has 0 radical (unpaired) electrons. The number of ether oxygens (including phenoxy) is 1. The van der Waals surface area contributed by atoms with Gasteiger partial charge < -0.3 is 15.6 Å². The molecule has 0 unspecified atom stereocenters. The lowest BCUT2D eigenvalue weighted by Gasteiger charge is -2.13. The van der Waals surface area contributed by atoms with Crippen molar-refractivity contribution in [2.24, 2.45) is 5.73 Å². The maximum atomic E-state index is 11.4. The average Bonchev–Trinajstić information content (AvgIpc) is 2.58. The van der Waals surface area contributed by atoms with Gasteiger partial charge in [0.1, 0.15) is 6.04 Å². The van der Waals surface area contributed by atoms with E-state index in [1.165, 1.54) is 64.2 Å². The first-order valence-corrected chi connectivity index (χ1v) is 9.90. The van der Waals surface area contributed by atoms with Crippen LogP contribution in [0.25, 0.3) is 0 Å². The molecule has 2 atom stereocenters. The maximum Gasteiger partial charge on any atom is 0.325 e. The Balaban J connectivity index is 3.44. The molecule has 0 saturated carbocycles. The Kier molecular flexibility index (Phi) is 16.4. The molecule has 0 fully saturated rings. The molecule has 0 aromatic heterocycles. The molecule has 4 heteroatoms. The molecular weight excluding hydrogens is 304 g/mol. The lowest BCUT2D eigenvalue weighted by atomic mass is 10.1. The van der Waals surface area contributed by atoms with Crippen LogP contribution in [0.4, 0.5) is 0 Å². The average molecular weight is 344 g/mol. The van der Waals surface area contributed by atoms with Gasteiger partial charge in [0.15, 0.2) is 0 Å². The van der Waals surface area contributed by atoms with Crippen LogP contribution in [0.15, 0.2) is 12.2 Å². The Labute approximate surface area is 148 Å². The van der Waals surface area contributed by atoms with Gasteiger partial charge >= 0.3 is 5.97 Å². The second-order valence-corrected chi connectivity index (χ2v) is 6.52. The van der Waals surface area contributed by atoms with Gasteiger partial charge in [-0.25, -0.2) is 0 Å². The molecular formula is C20H39NO3. The third kappa shape index (κ3) is 13.6. The number of aliphatic hydroxyl groups is 1. The quantitative estimate of drug-likeness (QED) is 0.187.